The Hall–Kier alpha value is -4.65. The molecule has 1 aliphatic carbocycles. The minimum Gasteiger partial charge on any atom is -0.309 e. The van der Waals surface area contributed by atoms with Crippen molar-refractivity contribution >= 4 is 28.7 Å². The molecule has 0 saturated heterocycles. The smallest absolute Gasteiger partial charge is 0.228 e. The summed E-state index contributed by atoms with van der Waals surface area (Å²) in [5, 5.41) is 16.2. The molecular formula is C25H19FN8O. The van der Waals surface area contributed by atoms with Crippen LogP contribution in [-0.4, -0.2) is 35.1 Å². The molecule has 1 fully saturated rings. The number of amides is 1. The highest BCUT2D eigenvalue weighted by molar-refractivity contribution is 5.93. The highest BCUT2D eigenvalue weighted by atomic mass is 19.1. The first-order chi connectivity index (χ1) is 17.0. The Morgan fingerprint density at radius 2 is 1.91 bits per heavy atom. The van der Waals surface area contributed by atoms with E-state index >= 15 is 0 Å². The number of rotatable bonds is 5. The molecule has 10 heteroatoms. The number of fused-ring (bicyclic) bond motifs is 2. The lowest BCUT2D eigenvalue weighted by Gasteiger charge is -2.11. The number of aromatic nitrogens is 6. The number of carbonyl (C=O) groups excluding carboxylic acids is 1. The zero-order valence-corrected chi connectivity index (χ0v) is 18.7. The summed E-state index contributed by atoms with van der Waals surface area (Å²) in [6, 6.07) is 11.9. The van der Waals surface area contributed by atoms with Crippen molar-refractivity contribution in [3.8, 4) is 11.1 Å². The SMILES string of the molecule is [C-]#[N+]c1ccc(-c2ccc3nnc(C(C)c4ccc5nc(NC(=O)C6CC6)cn5n4)n3c2)cc1F. The molecule has 0 aliphatic heterocycles. The van der Waals surface area contributed by atoms with Gasteiger partial charge in [0.25, 0.3) is 0 Å². The third-order valence-corrected chi connectivity index (χ3v) is 6.20. The fourth-order valence-electron chi connectivity index (χ4n) is 4.05. The van der Waals surface area contributed by atoms with E-state index in [0.29, 0.717) is 28.5 Å². The van der Waals surface area contributed by atoms with Crippen LogP contribution in [0.5, 0.6) is 0 Å². The minimum absolute atomic E-state index is 0.00339. The second-order valence-electron chi connectivity index (χ2n) is 8.65. The van der Waals surface area contributed by atoms with E-state index in [2.05, 4.69) is 30.4 Å². The molecule has 1 atom stereocenters. The fraction of sp³-hybridized carbons (Fsp3) is 0.200. The van der Waals surface area contributed by atoms with Crippen molar-refractivity contribution in [1.82, 2.24) is 29.2 Å². The normalized spacial score (nSPS) is 14.2. The van der Waals surface area contributed by atoms with Gasteiger partial charge in [-0.05, 0) is 61.2 Å². The molecule has 1 aromatic carbocycles. The van der Waals surface area contributed by atoms with Gasteiger partial charge in [0, 0.05) is 12.1 Å². The molecule has 1 amide bonds. The zero-order valence-electron chi connectivity index (χ0n) is 18.7. The highest BCUT2D eigenvalue weighted by Gasteiger charge is 2.30. The van der Waals surface area contributed by atoms with Gasteiger partial charge in [-0.15, -0.1) is 10.2 Å². The molecule has 172 valence electrons. The van der Waals surface area contributed by atoms with E-state index in [1.54, 1.807) is 16.8 Å². The number of halogens is 1. The maximum atomic E-state index is 14.2. The van der Waals surface area contributed by atoms with E-state index in [0.717, 1.165) is 24.1 Å². The Labute approximate surface area is 199 Å². The number of carbonyl (C=O) groups is 1. The summed E-state index contributed by atoms with van der Waals surface area (Å²) >= 11 is 0. The van der Waals surface area contributed by atoms with Crippen LogP contribution in [0.3, 0.4) is 0 Å². The van der Waals surface area contributed by atoms with Crippen molar-refractivity contribution in [3.05, 3.63) is 83.6 Å². The molecule has 1 saturated carbocycles. The Kier molecular flexibility index (Phi) is 4.77. The average Bonchev–Trinajstić information content (AvgIpc) is 3.52. The molecule has 0 radical (unpaired) electrons. The summed E-state index contributed by atoms with van der Waals surface area (Å²) in [7, 11) is 0. The molecule has 1 aliphatic rings. The van der Waals surface area contributed by atoms with Gasteiger partial charge in [-0.3, -0.25) is 9.20 Å². The molecule has 4 heterocycles. The summed E-state index contributed by atoms with van der Waals surface area (Å²) in [5.74, 6) is 0.480. The van der Waals surface area contributed by atoms with Gasteiger partial charge in [-0.2, -0.15) is 5.10 Å². The molecule has 0 bridgehead atoms. The third kappa shape index (κ3) is 3.77. The topological polar surface area (TPSA) is 93.8 Å². The lowest BCUT2D eigenvalue weighted by Crippen LogP contribution is -2.13. The van der Waals surface area contributed by atoms with Crippen LogP contribution in [0.1, 0.15) is 37.2 Å². The van der Waals surface area contributed by atoms with Crippen LogP contribution in [0.25, 0.3) is 27.3 Å². The lowest BCUT2D eigenvalue weighted by molar-refractivity contribution is -0.117. The molecule has 1 unspecified atom stereocenters. The van der Waals surface area contributed by atoms with Crippen molar-refractivity contribution < 1.29 is 9.18 Å². The molecule has 1 N–H and O–H groups in total. The van der Waals surface area contributed by atoms with E-state index in [1.165, 1.54) is 12.1 Å². The van der Waals surface area contributed by atoms with Gasteiger partial charge >= 0.3 is 0 Å². The number of imidazole rings is 1. The van der Waals surface area contributed by atoms with Gasteiger partial charge in [0.1, 0.15) is 11.6 Å². The largest absolute Gasteiger partial charge is 0.309 e. The second-order valence-corrected chi connectivity index (χ2v) is 8.65. The van der Waals surface area contributed by atoms with Crippen molar-refractivity contribution in [3.63, 3.8) is 0 Å². The summed E-state index contributed by atoms with van der Waals surface area (Å²) in [5.41, 5.74) is 3.46. The first-order valence-corrected chi connectivity index (χ1v) is 11.2. The number of hydrogen-bond donors (Lipinski definition) is 1. The number of nitrogens with zero attached hydrogens (tertiary/aromatic N) is 7. The summed E-state index contributed by atoms with van der Waals surface area (Å²) in [6.45, 7) is 9.02. The highest BCUT2D eigenvalue weighted by Crippen LogP contribution is 2.30. The number of hydrogen-bond acceptors (Lipinski definition) is 5. The Balaban J connectivity index is 1.33. The first kappa shape index (κ1) is 20.9. The predicted octanol–water partition coefficient (Wildman–Crippen LogP) is 4.63. The maximum Gasteiger partial charge on any atom is 0.228 e. The molecule has 9 nitrogen and oxygen atoms in total. The average molecular weight is 466 g/mol. The van der Waals surface area contributed by atoms with Crippen LogP contribution in [0, 0.1) is 18.3 Å². The monoisotopic (exact) mass is 466 g/mol. The molecule has 35 heavy (non-hydrogen) atoms. The Morgan fingerprint density at radius 1 is 1.11 bits per heavy atom. The van der Waals surface area contributed by atoms with E-state index in [-0.39, 0.29) is 23.4 Å². The molecule has 6 rings (SSSR count). The second kappa shape index (κ2) is 7.99. The van der Waals surface area contributed by atoms with Crippen molar-refractivity contribution in [2.24, 2.45) is 5.92 Å². The number of nitrogens with one attached hydrogen (secondary N) is 1. The van der Waals surface area contributed by atoms with Crippen LogP contribution in [-0.2, 0) is 4.79 Å². The third-order valence-electron chi connectivity index (χ3n) is 6.20. The minimum atomic E-state index is -0.555. The van der Waals surface area contributed by atoms with Gasteiger partial charge < -0.3 is 5.32 Å². The van der Waals surface area contributed by atoms with Crippen LogP contribution < -0.4 is 5.32 Å². The van der Waals surface area contributed by atoms with E-state index in [9.17, 15) is 9.18 Å². The van der Waals surface area contributed by atoms with E-state index < -0.39 is 5.82 Å². The van der Waals surface area contributed by atoms with Gasteiger partial charge in [0.15, 0.2) is 17.1 Å². The molecule has 5 aromatic rings. The Morgan fingerprint density at radius 3 is 2.69 bits per heavy atom. The first-order valence-electron chi connectivity index (χ1n) is 11.2. The fourth-order valence-corrected chi connectivity index (χ4v) is 4.05. The summed E-state index contributed by atoms with van der Waals surface area (Å²) in [4.78, 5) is 19.7. The van der Waals surface area contributed by atoms with E-state index in [1.807, 2.05) is 41.8 Å². The van der Waals surface area contributed by atoms with Crippen LogP contribution in [0.2, 0.25) is 0 Å². The van der Waals surface area contributed by atoms with Crippen molar-refractivity contribution in [2.75, 3.05) is 5.32 Å². The Bertz CT molecular complexity index is 1660. The summed E-state index contributed by atoms with van der Waals surface area (Å²) < 4.78 is 17.7. The standard InChI is InChI=1S/C25H19FN8O/c1-14(19-8-10-22-28-21(13-34(22)32-19)29-25(35)15-3-4-15)24-31-30-23-9-6-17(12-33(23)24)16-5-7-20(27-2)18(26)11-16/h5-15H,3-4H2,1H3,(H,29,35). The maximum absolute atomic E-state index is 14.2. The number of anilines is 1. The van der Waals surface area contributed by atoms with Crippen LogP contribution in [0.15, 0.2) is 54.9 Å². The zero-order chi connectivity index (χ0) is 24.1. The molecule has 0 spiro atoms. The number of pyridine rings is 1. The van der Waals surface area contributed by atoms with Crippen LogP contribution in [0.4, 0.5) is 15.9 Å². The lowest BCUT2D eigenvalue weighted by atomic mass is 10.1. The van der Waals surface area contributed by atoms with E-state index in [4.69, 9.17) is 6.57 Å². The summed E-state index contributed by atoms with van der Waals surface area (Å²) in [6.07, 6.45) is 5.41. The molecule has 4 aromatic heterocycles. The van der Waals surface area contributed by atoms with Crippen molar-refractivity contribution in [1.29, 1.82) is 0 Å². The predicted molar refractivity (Wildman–Crippen MR) is 127 cm³/mol. The quantitative estimate of drug-likeness (QED) is 0.381. The van der Waals surface area contributed by atoms with Gasteiger partial charge in [0.2, 0.25) is 11.6 Å². The van der Waals surface area contributed by atoms with Gasteiger partial charge in [-0.1, -0.05) is 12.1 Å². The van der Waals surface area contributed by atoms with Crippen LogP contribution >= 0.6 is 0 Å². The molecular weight excluding hydrogens is 447 g/mol. The van der Waals surface area contributed by atoms with Crippen molar-refractivity contribution in [2.45, 2.75) is 25.7 Å². The number of benzene rings is 1. The van der Waals surface area contributed by atoms with Gasteiger partial charge in [0.05, 0.1) is 24.4 Å². The van der Waals surface area contributed by atoms with Gasteiger partial charge in [-0.25, -0.2) is 18.7 Å².